The highest BCUT2D eigenvalue weighted by Crippen LogP contribution is 2.38. The van der Waals surface area contributed by atoms with Crippen molar-refractivity contribution in [2.24, 2.45) is 0 Å². The molecule has 0 unspecified atom stereocenters. The Morgan fingerprint density at radius 2 is 1.68 bits per heavy atom. The number of nitrogens with zero attached hydrogens (tertiary/aromatic N) is 3. The van der Waals surface area contributed by atoms with Gasteiger partial charge in [-0.25, -0.2) is 4.68 Å². The summed E-state index contributed by atoms with van der Waals surface area (Å²) < 4.78 is 7.79. The minimum absolute atomic E-state index is 0.00454. The summed E-state index contributed by atoms with van der Waals surface area (Å²) in [6.45, 7) is 0.538. The molecule has 3 aromatic carbocycles. The van der Waals surface area contributed by atoms with Crippen LogP contribution in [-0.2, 0) is 6.61 Å². The summed E-state index contributed by atoms with van der Waals surface area (Å²) in [6.07, 6.45) is 0.807. The summed E-state index contributed by atoms with van der Waals surface area (Å²) in [5.41, 5.74) is 9.31. The van der Waals surface area contributed by atoms with Crippen molar-refractivity contribution in [3.05, 3.63) is 101 Å². The molecule has 5 rings (SSSR count). The zero-order chi connectivity index (χ0) is 21.2. The number of nitrogen functional groups attached to an aromatic ring is 1. The van der Waals surface area contributed by atoms with E-state index in [1.807, 2.05) is 59.3 Å². The van der Waals surface area contributed by atoms with Crippen molar-refractivity contribution in [1.82, 2.24) is 14.8 Å². The Labute approximate surface area is 185 Å². The Morgan fingerprint density at radius 3 is 2.42 bits per heavy atom. The molecule has 0 bridgehead atoms. The summed E-state index contributed by atoms with van der Waals surface area (Å²) in [5, 5.41) is 8.58. The first-order valence-electron chi connectivity index (χ1n) is 10.2. The zero-order valence-corrected chi connectivity index (χ0v) is 17.5. The molecule has 7 heteroatoms. The molecule has 6 nitrogen and oxygen atoms in total. The molecule has 156 valence electrons. The molecule has 4 aromatic rings. The van der Waals surface area contributed by atoms with E-state index in [1.165, 1.54) is 0 Å². The SMILES string of the molecule is Nc1nc2n(n1)[C@@H](c1ccc(OCc3ccccc3)cc1)C[C@@H](c1ccc(Cl)cc1)N2. The maximum absolute atomic E-state index is 6.06. The standard InChI is InChI=1S/C24H22ClN5O/c25-19-10-6-17(7-11-19)21-14-22(30-24(27-21)28-23(26)29-30)18-8-12-20(13-9-18)31-15-16-4-2-1-3-5-16/h1-13,21-22H,14-15H2,(H3,26,27,28,29)/t21-,22+/m0/s1. The second-order valence-electron chi connectivity index (χ2n) is 7.58. The molecule has 0 amide bonds. The van der Waals surface area contributed by atoms with Crippen LogP contribution in [0, 0.1) is 0 Å². The number of anilines is 2. The fraction of sp³-hybridized carbons (Fsp3) is 0.167. The van der Waals surface area contributed by atoms with Crippen molar-refractivity contribution in [2.45, 2.75) is 25.1 Å². The lowest BCUT2D eigenvalue weighted by Gasteiger charge is -2.31. The summed E-state index contributed by atoms with van der Waals surface area (Å²) in [7, 11) is 0. The van der Waals surface area contributed by atoms with Crippen LogP contribution in [-0.4, -0.2) is 14.8 Å². The Bertz CT molecular complexity index is 1160. The number of nitrogens with one attached hydrogen (secondary N) is 1. The summed E-state index contributed by atoms with van der Waals surface area (Å²) >= 11 is 6.06. The molecular weight excluding hydrogens is 410 g/mol. The van der Waals surface area contributed by atoms with E-state index in [1.54, 1.807) is 0 Å². The average Bonchev–Trinajstić information content (AvgIpc) is 3.19. The molecule has 0 fully saturated rings. The van der Waals surface area contributed by atoms with E-state index in [0.717, 1.165) is 33.9 Å². The van der Waals surface area contributed by atoms with E-state index in [-0.39, 0.29) is 18.0 Å². The van der Waals surface area contributed by atoms with Gasteiger partial charge in [0, 0.05) is 5.02 Å². The van der Waals surface area contributed by atoms with E-state index in [0.29, 0.717) is 12.6 Å². The summed E-state index contributed by atoms with van der Waals surface area (Å²) in [5.74, 6) is 1.75. The third kappa shape index (κ3) is 4.20. The van der Waals surface area contributed by atoms with Crippen LogP contribution in [0.4, 0.5) is 11.9 Å². The highest BCUT2D eigenvalue weighted by Gasteiger charge is 2.30. The lowest BCUT2D eigenvalue weighted by atomic mass is 9.93. The van der Waals surface area contributed by atoms with E-state index in [2.05, 4.69) is 39.7 Å². The van der Waals surface area contributed by atoms with Gasteiger partial charge in [0.2, 0.25) is 11.9 Å². The van der Waals surface area contributed by atoms with E-state index in [4.69, 9.17) is 22.1 Å². The Hall–Kier alpha value is -3.51. The lowest BCUT2D eigenvalue weighted by molar-refractivity contribution is 0.306. The molecule has 3 N–H and O–H groups in total. The number of benzene rings is 3. The quantitative estimate of drug-likeness (QED) is 0.452. The number of nitrogens with two attached hydrogens (primary N) is 1. The Morgan fingerprint density at radius 1 is 0.968 bits per heavy atom. The first-order chi connectivity index (χ1) is 15.2. The van der Waals surface area contributed by atoms with Gasteiger partial charge >= 0.3 is 0 Å². The molecule has 1 aromatic heterocycles. The van der Waals surface area contributed by atoms with Crippen molar-refractivity contribution in [3.63, 3.8) is 0 Å². The van der Waals surface area contributed by atoms with Gasteiger partial charge in [0.05, 0.1) is 12.1 Å². The third-order valence-electron chi connectivity index (χ3n) is 5.49. The number of fused-ring (bicyclic) bond motifs is 1. The molecule has 2 atom stereocenters. The third-order valence-corrected chi connectivity index (χ3v) is 5.74. The van der Waals surface area contributed by atoms with Crippen LogP contribution >= 0.6 is 11.6 Å². The number of hydrogen-bond acceptors (Lipinski definition) is 5. The molecule has 0 radical (unpaired) electrons. The van der Waals surface area contributed by atoms with E-state index >= 15 is 0 Å². The van der Waals surface area contributed by atoms with Crippen molar-refractivity contribution < 1.29 is 4.74 Å². The maximum atomic E-state index is 6.06. The van der Waals surface area contributed by atoms with Crippen LogP contribution in [0.3, 0.4) is 0 Å². The smallest absolute Gasteiger partial charge is 0.241 e. The second-order valence-corrected chi connectivity index (χ2v) is 8.02. The molecule has 0 aliphatic carbocycles. The molecule has 1 aliphatic rings. The predicted molar refractivity (Wildman–Crippen MR) is 122 cm³/mol. The first-order valence-corrected chi connectivity index (χ1v) is 10.5. The van der Waals surface area contributed by atoms with Gasteiger partial charge in [-0.05, 0) is 47.4 Å². The number of rotatable bonds is 5. The maximum Gasteiger partial charge on any atom is 0.241 e. The van der Waals surface area contributed by atoms with Gasteiger partial charge in [-0.2, -0.15) is 4.98 Å². The monoisotopic (exact) mass is 431 g/mol. The second kappa shape index (κ2) is 8.32. The fourth-order valence-electron chi connectivity index (χ4n) is 3.91. The van der Waals surface area contributed by atoms with Gasteiger partial charge in [0.15, 0.2) is 0 Å². The lowest BCUT2D eigenvalue weighted by Crippen LogP contribution is -2.28. The largest absolute Gasteiger partial charge is 0.489 e. The van der Waals surface area contributed by atoms with Crippen LogP contribution in [0.25, 0.3) is 0 Å². The van der Waals surface area contributed by atoms with Crippen LogP contribution in [0.2, 0.25) is 5.02 Å². The van der Waals surface area contributed by atoms with Gasteiger partial charge < -0.3 is 15.8 Å². The fourth-order valence-corrected chi connectivity index (χ4v) is 4.04. The molecule has 1 aliphatic heterocycles. The summed E-state index contributed by atoms with van der Waals surface area (Å²) in [4.78, 5) is 4.37. The topological polar surface area (TPSA) is 78.0 Å². The molecular formula is C24H22ClN5O. The minimum Gasteiger partial charge on any atom is -0.489 e. The number of halogens is 1. The Kier molecular flexibility index (Phi) is 5.22. The minimum atomic E-state index is 0.00454. The highest BCUT2D eigenvalue weighted by atomic mass is 35.5. The number of ether oxygens (including phenoxy) is 1. The van der Waals surface area contributed by atoms with Crippen molar-refractivity contribution in [2.75, 3.05) is 11.1 Å². The van der Waals surface area contributed by atoms with Crippen LogP contribution in [0.15, 0.2) is 78.9 Å². The van der Waals surface area contributed by atoms with Crippen molar-refractivity contribution in [1.29, 1.82) is 0 Å². The van der Waals surface area contributed by atoms with Crippen LogP contribution in [0.1, 0.15) is 35.2 Å². The molecule has 0 saturated carbocycles. The molecule has 0 spiro atoms. The number of hydrogen-bond donors (Lipinski definition) is 2. The molecule has 0 saturated heterocycles. The average molecular weight is 432 g/mol. The van der Waals surface area contributed by atoms with Gasteiger partial charge in [-0.15, -0.1) is 5.10 Å². The van der Waals surface area contributed by atoms with E-state index < -0.39 is 0 Å². The van der Waals surface area contributed by atoms with Gasteiger partial charge in [-0.1, -0.05) is 66.2 Å². The van der Waals surface area contributed by atoms with Crippen molar-refractivity contribution >= 4 is 23.5 Å². The zero-order valence-electron chi connectivity index (χ0n) is 16.8. The predicted octanol–water partition coefficient (Wildman–Crippen LogP) is 5.24. The van der Waals surface area contributed by atoms with Crippen molar-refractivity contribution in [3.8, 4) is 5.75 Å². The normalized spacial score (nSPS) is 17.6. The summed E-state index contributed by atoms with van der Waals surface area (Å²) in [6, 6.07) is 26.2. The van der Waals surface area contributed by atoms with Gasteiger partial charge in [0.1, 0.15) is 12.4 Å². The highest BCUT2D eigenvalue weighted by molar-refractivity contribution is 6.30. The number of aromatic nitrogens is 3. The van der Waals surface area contributed by atoms with E-state index in [9.17, 15) is 0 Å². The Balaban J connectivity index is 1.38. The van der Waals surface area contributed by atoms with Crippen LogP contribution < -0.4 is 15.8 Å². The molecule has 31 heavy (non-hydrogen) atoms. The first kappa shape index (κ1) is 19.5. The van der Waals surface area contributed by atoms with Gasteiger partial charge in [-0.3, -0.25) is 0 Å². The molecule has 2 heterocycles. The van der Waals surface area contributed by atoms with Crippen LogP contribution in [0.5, 0.6) is 5.75 Å². The van der Waals surface area contributed by atoms with Gasteiger partial charge in [0.25, 0.3) is 0 Å².